The van der Waals surface area contributed by atoms with E-state index in [0.717, 1.165) is 4.90 Å². The van der Waals surface area contributed by atoms with Gasteiger partial charge in [-0.1, -0.05) is 6.07 Å². The van der Waals surface area contributed by atoms with E-state index < -0.39 is 53.6 Å². The lowest BCUT2D eigenvalue weighted by Gasteiger charge is -2.40. The summed E-state index contributed by atoms with van der Waals surface area (Å²) in [5, 5.41) is 2.51. The highest BCUT2D eigenvalue weighted by Gasteiger charge is 2.40. The summed E-state index contributed by atoms with van der Waals surface area (Å²) in [5.74, 6) is -2.28. The van der Waals surface area contributed by atoms with Crippen molar-refractivity contribution in [1.82, 2.24) is 15.1 Å². The van der Waals surface area contributed by atoms with Gasteiger partial charge >= 0.3 is 18.4 Å². The van der Waals surface area contributed by atoms with Gasteiger partial charge in [-0.15, -0.1) is 0 Å². The number of carbonyl (C=O) groups is 2. The maximum Gasteiger partial charge on any atom is 0.416 e. The summed E-state index contributed by atoms with van der Waals surface area (Å²) in [6.07, 6.45) is -9.80. The number of carbonyl (C=O) groups excluding carboxylic acids is 2. The molecule has 3 amide bonds. The van der Waals surface area contributed by atoms with Gasteiger partial charge in [0.15, 0.2) is 0 Å². The molecule has 1 saturated heterocycles. The molecule has 1 aliphatic heterocycles. The van der Waals surface area contributed by atoms with Crippen LogP contribution in [0, 0.1) is 18.7 Å². The SMILES string of the molecule is CNC(=O)N1CCC(C(=O)N(C)Cc2cc(C(F)(F)F)cc(C(F)(F)F)c2)C(c2ccc(F)cc2C)C1. The highest BCUT2D eigenvalue weighted by molar-refractivity contribution is 5.81. The van der Waals surface area contributed by atoms with Gasteiger partial charge < -0.3 is 15.1 Å². The largest absolute Gasteiger partial charge is 0.416 e. The average Bonchev–Trinajstić information content (AvgIpc) is 2.81. The molecule has 0 bridgehead atoms. The topological polar surface area (TPSA) is 52.7 Å². The maximum absolute atomic E-state index is 13.7. The standard InChI is InChI=1S/C25H26F7N3O2/c1-14-8-18(26)4-5-19(14)21-13-35(23(37)33-2)7-6-20(21)22(36)34(3)12-15-9-16(24(27,28)29)11-17(10-15)25(30,31)32/h4-5,8-11,20-21H,6-7,12-13H2,1-3H3,(H,33,37). The third-order valence-corrected chi connectivity index (χ3v) is 6.51. The van der Waals surface area contributed by atoms with E-state index in [1.54, 1.807) is 6.92 Å². The first kappa shape index (κ1) is 28.3. The minimum absolute atomic E-state index is 0.0349. The van der Waals surface area contributed by atoms with E-state index >= 15 is 0 Å². The van der Waals surface area contributed by atoms with E-state index in [1.807, 2.05) is 0 Å². The summed E-state index contributed by atoms with van der Waals surface area (Å²) < 4.78 is 93.2. The molecule has 1 aliphatic rings. The van der Waals surface area contributed by atoms with Crippen molar-refractivity contribution in [2.75, 3.05) is 27.2 Å². The fraction of sp³-hybridized carbons (Fsp3) is 0.440. The van der Waals surface area contributed by atoms with Crippen LogP contribution in [0.1, 0.15) is 40.2 Å². The van der Waals surface area contributed by atoms with Crippen molar-refractivity contribution in [3.63, 3.8) is 0 Å². The van der Waals surface area contributed by atoms with Gasteiger partial charge in [0.2, 0.25) is 5.91 Å². The number of piperidine rings is 1. The van der Waals surface area contributed by atoms with Crippen LogP contribution in [0.3, 0.4) is 0 Å². The van der Waals surface area contributed by atoms with E-state index in [1.165, 1.54) is 37.2 Å². The number of nitrogens with zero attached hydrogens (tertiary/aromatic N) is 2. The van der Waals surface area contributed by atoms with E-state index in [9.17, 15) is 40.3 Å². The predicted molar refractivity (Wildman–Crippen MR) is 121 cm³/mol. The predicted octanol–water partition coefficient (Wildman–Crippen LogP) is 5.58. The normalized spacial score (nSPS) is 18.5. The van der Waals surface area contributed by atoms with E-state index in [2.05, 4.69) is 5.32 Å². The molecular weight excluding hydrogens is 507 g/mol. The van der Waals surface area contributed by atoms with Crippen LogP contribution < -0.4 is 5.32 Å². The van der Waals surface area contributed by atoms with Crippen LogP contribution in [0.5, 0.6) is 0 Å². The average molecular weight is 533 g/mol. The number of nitrogens with one attached hydrogen (secondary N) is 1. The van der Waals surface area contributed by atoms with Crippen molar-refractivity contribution in [2.45, 2.75) is 38.2 Å². The summed E-state index contributed by atoms with van der Waals surface area (Å²) in [6, 6.07) is 4.89. The van der Waals surface area contributed by atoms with Crippen molar-refractivity contribution >= 4 is 11.9 Å². The second kappa shape index (κ2) is 10.6. The number of hydrogen-bond acceptors (Lipinski definition) is 2. The van der Waals surface area contributed by atoms with Gasteiger partial charge in [0.1, 0.15) is 5.82 Å². The second-order valence-electron chi connectivity index (χ2n) is 9.11. The molecule has 202 valence electrons. The fourth-order valence-corrected chi connectivity index (χ4v) is 4.71. The maximum atomic E-state index is 13.7. The Morgan fingerprint density at radius 1 is 1.03 bits per heavy atom. The van der Waals surface area contributed by atoms with Crippen LogP contribution >= 0.6 is 0 Å². The van der Waals surface area contributed by atoms with Gasteiger partial charge in [-0.2, -0.15) is 26.3 Å². The monoisotopic (exact) mass is 533 g/mol. The van der Waals surface area contributed by atoms with Gasteiger partial charge in [0.05, 0.1) is 11.1 Å². The Labute approximate surface area is 209 Å². The number of benzene rings is 2. The Hall–Kier alpha value is -3.31. The van der Waals surface area contributed by atoms with Crippen molar-refractivity contribution in [2.24, 2.45) is 5.92 Å². The van der Waals surface area contributed by atoms with Crippen LogP contribution in [0.2, 0.25) is 0 Å². The van der Waals surface area contributed by atoms with E-state index in [0.29, 0.717) is 23.3 Å². The Kier molecular flexibility index (Phi) is 8.09. The first-order valence-electron chi connectivity index (χ1n) is 11.4. The van der Waals surface area contributed by atoms with Crippen LogP contribution in [0.15, 0.2) is 36.4 Å². The van der Waals surface area contributed by atoms with Crippen molar-refractivity contribution in [1.29, 1.82) is 0 Å². The Morgan fingerprint density at radius 2 is 1.62 bits per heavy atom. The van der Waals surface area contributed by atoms with Gasteiger partial charge in [0, 0.05) is 45.6 Å². The Bertz CT molecular complexity index is 1130. The summed E-state index contributed by atoms with van der Waals surface area (Å²) in [4.78, 5) is 28.3. The quantitative estimate of drug-likeness (QED) is 0.523. The minimum atomic E-state index is -5.00. The fourth-order valence-electron chi connectivity index (χ4n) is 4.71. The first-order valence-corrected chi connectivity index (χ1v) is 11.4. The zero-order valence-corrected chi connectivity index (χ0v) is 20.3. The lowest BCUT2D eigenvalue weighted by atomic mass is 9.78. The molecule has 37 heavy (non-hydrogen) atoms. The summed E-state index contributed by atoms with van der Waals surface area (Å²) in [6.45, 7) is 1.50. The lowest BCUT2D eigenvalue weighted by Crippen LogP contribution is -2.50. The smallest absolute Gasteiger partial charge is 0.341 e. The molecule has 2 atom stereocenters. The minimum Gasteiger partial charge on any atom is -0.341 e. The summed E-state index contributed by atoms with van der Waals surface area (Å²) in [7, 11) is 2.76. The highest BCUT2D eigenvalue weighted by Crippen LogP contribution is 2.38. The van der Waals surface area contributed by atoms with Crippen LogP contribution in [-0.4, -0.2) is 48.9 Å². The third kappa shape index (κ3) is 6.53. The molecular formula is C25H26F7N3O2. The van der Waals surface area contributed by atoms with Gasteiger partial charge in [-0.25, -0.2) is 9.18 Å². The molecule has 2 aromatic rings. The number of amides is 3. The number of halogens is 7. The zero-order valence-electron chi connectivity index (χ0n) is 20.3. The van der Waals surface area contributed by atoms with Crippen molar-refractivity contribution < 1.29 is 40.3 Å². The molecule has 0 radical (unpaired) electrons. The lowest BCUT2D eigenvalue weighted by molar-refractivity contribution is -0.143. The van der Waals surface area contributed by atoms with Crippen LogP contribution in [-0.2, 0) is 23.7 Å². The number of urea groups is 1. The molecule has 0 aromatic heterocycles. The number of alkyl halides is 6. The van der Waals surface area contributed by atoms with Gasteiger partial charge in [0.25, 0.3) is 0 Å². The molecule has 0 saturated carbocycles. The first-order chi connectivity index (χ1) is 17.1. The molecule has 2 unspecified atom stereocenters. The number of hydrogen-bond donors (Lipinski definition) is 1. The van der Waals surface area contributed by atoms with E-state index in [-0.39, 0.29) is 37.2 Å². The van der Waals surface area contributed by atoms with E-state index in [4.69, 9.17) is 0 Å². The molecule has 12 heteroatoms. The van der Waals surface area contributed by atoms with Gasteiger partial charge in [-0.3, -0.25) is 4.79 Å². The van der Waals surface area contributed by atoms with Gasteiger partial charge in [-0.05, 0) is 60.4 Å². The molecule has 2 aromatic carbocycles. The molecule has 1 N–H and O–H groups in total. The molecule has 1 fully saturated rings. The van der Waals surface area contributed by atoms with Crippen LogP contribution in [0.25, 0.3) is 0 Å². The third-order valence-electron chi connectivity index (χ3n) is 6.51. The number of aryl methyl sites for hydroxylation is 1. The Morgan fingerprint density at radius 3 is 2.14 bits per heavy atom. The molecule has 3 rings (SSSR count). The molecule has 0 aliphatic carbocycles. The van der Waals surface area contributed by atoms with Crippen LogP contribution in [0.4, 0.5) is 35.5 Å². The molecule has 0 spiro atoms. The van der Waals surface area contributed by atoms with Crippen molar-refractivity contribution in [3.8, 4) is 0 Å². The van der Waals surface area contributed by atoms with Crippen molar-refractivity contribution in [3.05, 3.63) is 70.0 Å². The molecule has 1 heterocycles. The zero-order chi connectivity index (χ0) is 27.7. The molecule has 5 nitrogen and oxygen atoms in total. The number of likely N-dealkylation sites (tertiary alicyclic amines) is 1. The highest BCUT2D eigenvalue weighted by atomic mass is 19.4. The second-order valence-corrected chi connectivity index (χ2v) is 9.11. The number of rotatable bonds is 4. The summed E-state index contributed by atoms with van der Waals surface area (Å²) in [5.41, 5.74) is -2.07. The summed E-state index contributed by atoms with van der Waals surface area (Å²) >= 11 is 0. The Balaban J connectivity index is 1.92.